The zero-order chi connectivity index (χ0) is 20.8. The first-order valence-electron chi connectivity index (χ1n) is 8.68. The van der Waals surface area contributed by atoms with Gasteiger partial charge in [-0.1, -0.05) is 0 Å². The highest BCUT2D eigenvalue weighted by molar-refractivity contribution is 6.16. The molecule has 0 spiro atoms. The number of anilines is 1. The van der Waals surface area contributed by atoms with Gasteiger partial charge >= 0.3 is 0 Å². The number of carbonyl (C=O) groups is 2. The second-order valence-electron chi connectivity index (χ2n) is 6.75. The van der Waals surface area contributed by atoms with Crippen molar-refractivity contribution in [3.05, 3.63) is 59.7 Å². The Morgan fingerprint density at radius 2 is 1.97 bits per heavy atom. The largest absolute Gasteiger partial charge is 0.372 e. The van der Waals surface area contributed by atoms with Gasteiger partial charge in [-0.2, -0.15) is 0 Å². The average molecular weight is 404 g/mol. The summed E-state index contributed by atoms with van der Waals surface area (Å²) in [5.74, 6) is -4.04. The molecule has 10 heteroatoms. The smallest absolute Gasteiger partial charge is 0.268 e. The van der Waals surface area contributed by atoms with Gasteiger partial charge in [0.25, 0.3) is 11.8 Å². The van der Waals surface area contributed by atoms with Crippen molar-refractivity contribution in [3.8, 4) is 0 Å². The fraction of sp³-hybridized carbons (Fsp3) is 0.211. The molecule has 1 atom stereocenters. The number of benzene rings is 1. The van der Waals surface area contributed by atoms with Crippen LogP contribution in [0.3, 0.4) is 0 Å². The second kappa shape index (κ2) is 6.89. The van der Waals surface area contributed by atoms with Crippen molar-refractivity contribution in [2.45, 2.75) is 18.6 Å². The quantitative estimate of drug-likeness (QED) is 0.577. The van der Waals surface area contributed by atoms with E-state index in [0.717, 1.165) is 23.2 Å². The van der Waals surface area contributed by atoms with Crippen molar-refractivity contribution in [2.24, 2.45) is 0 Å². The summed E-state index contributed by atoms with van der Waals surface area (Å²) in [5.41, 5.74) is -1.68. The number of hydrogen-bond donors (Lipinski definition) is 3. The van der Waals surface area contributed by atoms with E-state index in [1.807, 2.05) is 0 Å². The summed E-state index contributed by atoms with van der Waals surface area (Å²) in [6.07, 6.45) is 2.25. The van der Waals surface area contributed by atoms with Gasteiger partial charge in [0.05, 0.1) is 17.3 Å². The third-order valence-corrected chi connectivity index (χ3v) is 4.83. The highest BCUT2D eigenvalue weighted by Gasteiger charge is 2.51. The van der Waals surface area contributed by atoms with Crippen LogP contribution in [0, 0.1) is 17.5 Å². The van der Waals surface area contributed by atoms with Crippen LogP contribution in [0.25, 0.3) is 11.0 Å². The van der Waals surface area contributed by atoms with E-state index in [1.165, 1.54) is 12.3 Å². The summed E-state index contributed by atoms with van der Waals surface area (Å²) < 4.78 is 40.3. The molecule has 0 radical (unpaired) electrons. The first-order chi connectivity index (χ1) is 13.8. The molecule has 2 aromatic heterocycles. The maximum Gasteiger partial charge on any atom is 0.268 e. The highest BCUT2D eigenvalue weighted by atomic mass is 19.1. The molecule has 29 heavy (non-hydrogen) atoms. The molecule has 150 valence electrons. The minimum absolute atomic E-state index is 0.0105. The zero-order valence-corrected chi connectivity index (χ0v) is 14.9. The van der Waals surface area contributed by atoms with Gasteiger partial charge in [-0.05, 0) is 23.8 Å². The van der Waals surface area contributed by atoms with Crippen LogP contribution < -0.4 is 10.2 Å². The van der Waals surface area contributed by atoms with E-state index >= 15 is 0 Å². The molecule has 1 saturated heterocycles. The molecule has 0 bridgehead atoms. The van der Waals surface area contributed by atoms with Gasteiger partial charge < -0.3 is 20.3 Å². The lowest BCUT2D eigenvalue weighted by Crippen LogP contribution is -2.52. The van der Waals surface area contributed by atoms with E-state index in [1.54, 1.807) is 0 Å². The summed E-state index contributed by atoms with van der Waals surface area (Å²) >= 11 is 0. The van der Waals surface area contributed by atoms with Crippen LogP contribution in [-0.4, -0.2) is 39.0 Å². The maximum atomic E-state index is 13.8. The fourth-order valence-electron chi connectivity index (χ4n) is 3.31. The number of nitrogens with one attached hydrogen (secondary N) is 2. The van der Waals surface area contributed by atoms with Gasteiger partial charge in [0.2, 0.25) is 5.60 Å². The lowest BCUT2D eigenvalue weighted by Gasteiger charge is -2.21. The molecule has 1 fully saturated rings. The van der Waals surface area contributed by atoms with Crippen LogP contribution in [0.1, 0.15) is 12.0 Å². The number of aromatic amines is 1. The Hall–Kier alpha value is -3.40. The minimum atomic E-state index is -2.35. The Labute approximate surface area is 162 Å². The van der Waals surface area contributed by atoms with Crippen LogP contribution >= 0.6 is 0 Å². The zero-order valence-electron chi connectivity index (χ0n) is 14.9. The molecule has 3 aromatic rings. The molecule has 0 saturated carbocycles. The molecule has 1 aromatic carbocycles. The van der Waals surface area contributed by atoms with Gasteiger partial charge in [0.15, 0.2) is 0 Å². The fourth-order valence-corrected chi connectivity index (χ4v) is 3.31. The second-order valence-corrected chi connectivity index (χ2v) is 6.75. The van der Waals surface area contributed by atoms with E-state index in [-0.39, 0.29) is 36.1 Å². The first kappa shape index (κ1) is 18.9. The number of fused-ring (bicyclic) bond motifs is 1. The monoisotopic (exact) mass is 404 g/mol. The molecule has 0 aliphatic carbocycles. The number of rotatable bonds is 4. The predicted molar refractivity (Wildman–Crippen MR) is 96.2 cm³/mol. The van der Waals surface area contributed by atoms with E-state index in [9.17, 15) is 27.9 Å². The molecular formula is C19H15F3N4O3. The Morgan fingerprint density at radius 1 is 1.24 bits per heavy atom. The average Bonchev–Trinajstić information content (AvgIpc) is 3.20. The first-order valence-corrected chi connectivity index (χ1v) is 8.68. The number of hydrogen-bond acceptors (Lipinski definition) is 4. The Bertz CT molecular complexity index is 1110. The number of halogens is 3. The minimum Gasteiger partial charge on any atom is -0.372 e. The topological polar surface area (TPSA) is 98.3 Å². The molecule has 1 aliphatic rings. The van der Waals surface area contributed by atoms with Gasteiger partial charge in [-0.15, -0.1) is 0 Å². The Morgan fingerprint density at radius 3 is 2.69 bits per heavy atom. The lowest BCUT2D eigenvalue weighted by atomic mass is 10.0. The number of nitrogens with zero attached hydrogens (tertiary/aromatic N) is 2. The van der Waals surface area contributed by atoms with Crippen molar-refractivity contribution >= 4 is 28.5 Å². The van der Waals surface area contributed by atoms with Gasteiger partial charge in [0, 0.05) is 31.8 Å². The van der Waals surface area contributed by atoms with E-state index in [0.29, 0.717) is 11.7 Å². The SMILES string of the molecule is O=C(NCc1cc(F)cc(F)c1)[C@@]1(O)CCN(c2cnc3[nH]cc(F)c3c2)C1=O. The molecule has 4 rings (SSSR count). The van der Waals surface area contributed by atoms with Crippen molar-refractivity contribution < 1.29 is 27.9 Å². The van der Waals surface area contributed by atoms with Crippen LogP contribution in [0.4, 0.5) is 18.9 Å². The van der Waals surface area contributed by atoms with Crippen molar-refractivity contribution in [2.75, 3.05) is 11.4 Å². The third kappa shape index (κ3) is 3.31. The predicted octanol–water partition coefficient (Wildman–Crippen LogP) is 1.76. The van der Waals surface area contributed by atoms with Crippen LogP contribution in [0.15, 0.2) is 36.7 Å². The molecule has 1 aliphatic heterocycles. The van der Waals surface area contributed by atoms with Gasteiger partial charge in [-0.25, -0.2) is 18.2 Å². The molecule has 0 unspecified atom stereocenters. The number of pyridine rings is 1. The van der Waals surface area contributed by atoms with Crippen LogP contribution in [-0.2, 0) is 16.1 Å². The summed E-state index contributed by atoms with van der Waals surface area (Å²) in [4.78, 5) is 33.0. The van der Waals surface area contributed by atoms with E-state index in [4.69, 9.17) is 0 Å². The Balaban J connectivity index is 1.51. The van der Waals surface area contributed by atoms with E-state index < -0.39 is 34.9 Å². The molecule has 2 amide bonds. The van der Waals surface area contributed by atoms with E-state index in [2.05, 4.69) is 15.3 Å². The van der Waals surface area contributed by atoms with Gasteiger partial charge in [0.1, 0.15) is 23.1 Å². The lowest BCUT2D eigenvalue weighted by molar-refractivity contribution is -0.149. The van der Waals surface area contributed by atoms with Crippen LogP contribution in [0.5, 0.6) is 0 Å². The number of amides is 2. The Kier molecular flexibility index (Phi) is 4.50. The van der Waals surface area contributed by atoms with Gasteiger partial charge in [-0.3, -0.25) is 9.59 Å². The number of aliphatic hydroxyl groups is 1. The number of aromatic nitrogens is 2. The third-order valence-electron chi connectivity index (χ3n) is 4.83. The standard InChI is InChI=1S/C19H15F3N4O3/c20-11-3-10(4-12(21)5-11)7-25-17(27)19(29)1-2-26(18(19)28)13-6-14-15(22)9-24-16(14)23-8-13/h3-6,8-9,29H,1-2,7H2,(H,23,24)(H,25,27)/t19-/m0/s1. The number of carbonyl (C=O) groups excluding carboxylic acids is 2. The summed E-state index contributed by atoms with van der Waals surface area (Å²) in [7, 11) is 0. The molecular weight excluding hydrogens is 389 g/mol. The maximum absolute atomic E-state index is 13.8. The summed E-state index contributed by atoms with van der Waals surface area (Å²) in [6.45, 7) is -0.262. The highest BCUT2D eigenvalue weighted by Crippen LogP contribution is 2.30. The van der Waals surface area contributed by atoms with Crippen molar-refractivity contribution in [3.63, 3.8) is 0 Å². The summed E-state index contributed by atoms with van der Waals surface area (Å²) in [6, 6.07) is 4.14. The normalized spacial score (nSPS) is 19.2. The molecule has 3 N–H and O–H groups in total. The number of H-pyrrole nitrogens is 1. The summed E-state index contributed by atoms with van der Waals surface area (Å²) in [5, 5.41) is 13.1. The molecule has 3 heterocycles. The van der Waals surface area contributed by atoms with Crippen molar-refractivity contribution in [1.82, 2.24) is 15.3 Å². The van der Waals surface area contributed by atoms with Crippen LogP contribution in [0.2, 0.25) is 0 Å². The van der Waals surface area contributed by atoms with Crippen molar-refractivity contribution in [1.29, 1.82) is 0 Å². The molecule has 7 nitrogen and oxygen atoms in total.